The zero-order valence-corrected chi connectivity index (χ0v) is 22.0. The zero-order chi connectivity index (χ0) is 27.0. The Morgan fingerprint density at radius 1 is 1.22 bits per heavy atom. The maximum atomic E-state index is 13.6. The van der Waals surface area contributed by atoms with Crippen molar-refractivity contribution in [2.45, 2.75) is 25.7 Å². The highest BCUT2D eigenvalue weighted by Gasteiger charge is 2.28. The molecular weight excluding hydrogens is 496 g/mol. The maximum Gasteiger partial charge on any atom is 0.324 e. The second-order valence-electron chi connectivity index (χ2n) is 9.18. The van der Waals surface area contributed by atoms with Gasteiger partial charge < -0.3 is 9.64 Å². The lowest BCUT2D eigenvalue weighted by Crippen LogP contribution is -2.48. The summed E-state index contributed by atoms with van der Waals surface area (Å²) in [6.07, 6.45) is 11.1. The molecule has 0 unspecified atom stereocenters. The maximum absolute atomic E-state index is 13.6. The van der Waals surface area contributed by atoms with Crippen LogP contribution in [0.15, 0.2) is 47.6 Å². The van der Waals surface area contributed by atoms with Gasteiger partial charge in [-0.25, -0.2) is 23.0 Å². The minimum atomic E-state index is -3.21. The lowest BCUT2D eigenvalue weighted by molar-refractivity contribution is -0.124. The van der Waals surface area contributed by atoms with Crippen LogP contribution in [-0.4, -0.2) is 87.0 Å². The van der Waals surface area contributed by atoms with Crippen molar-refractivity contribution in [3.05, 3.63) is 53.1 Å². The number of sulfonamides is 1. The summed E-state index contributed by atoms with van der Waals surface area (Å²) in [4.78, 5) is 28.7. The highest BCUT2D eigenvalue weighted by molar-refractivity contribution is 7.88. The van der Waals surface area contributed by atoms with Crippen molar-refractivity contribution in [3.8, 4) is 12.3 Å². The number of hydroxylamine groups is 1. The van der Waals surface area contributed by atoms with Crippen molar-refractivity contribution in [1.82, 2.24) is 14.7 Å². The van der Waals surface area contributed by atoms with Gasteiger partial charge in [-0.05, 0) is 49.5 Å². The number of hydrogen-bond acceptors (Lipinski definition) is 6. The second-order valence-corrected chi connectivity index (χ2v) is 11.2. The Hall–Kier alpha value is -3.17. The van der Waals surface area contributed by atoms with E-state index < -0.39 is 15.9 Å². The number of ether oxygens (including phenoxy) is 1. The van der Waals surface area contributed by atoms with E-state index in [1.54, 1.807) is 15.9 Å². The Balaban J connectivity index is 1.86. The van der Waals surface area contributed by atoms with Gasteiger partial charge in [-0.15, -0.1) is 6.42 Å². The van der Waals surface area contributed by atoms with Gasteiger partial charge in [-0.2, -0.15) is 0 Å². The summed E-state index contributed by atoms with van der Waals surface area (Å²) in [7, 11) is -3.21. The smallest absolute Gasteiger partial charge is 0.324 e. The highest BCUT2D eigenvalue weighted by atomic mass is 32.2. The van der Waals surface area contributed by atoms with E-state index in [1.165, 1.54) is 22.1 Å². The first-order chi connectivity index (χ1) is 17.6. The Kier molecular flexibility index (Phi) is 9.88. The predicted octanol–water partition coefficient (Wildman–Crippen LogP) is 2.10. The minimum Gasteiger partial charge on any atom is -0.378 e. The topological polar surface area (TPSA) is 119 Å². The molecule has 2 N–H and O–H groups in total. The number of morpholine rings is 1. The van der Waals surface area contributed by atoms with E-state index >= 15 is 0 Å². The van der Waals surface area contributed by atoms with Gasteiger partial charge in [0.05, 0.1) is 25.0 Å². The van der Waals surface area contributed by atoms with Crippen LogP contribution in [-0.2, 0) is 19.6 Å². The van der Waals surface area contributed by atoms with Crippen LogP contribution < -0.4 is 10.4 Å². The van der Waals surface area contributed by atoms with Gasteiger partial charge >= 0.3 is 6.03 Å². The van der Waals surface area contributed by atoms with Crippen LogP contribution in [0.1, 0.15) is 31.2 Å². The molecule has 1 aromatic carbocycles. The molecule has 0 aliphatic carbocycles. The summed E-state index contributed by atoms with van der Waals surface area (Å²) in [5, 5.41) is 8.84. The SMILES string of the molecule is C#C/C(=C\C=C(/C)CN(C(=O)N1CCOCC1)c1cccc(C2CCN(S(C)(=O)=O)CC2)c1)C(=O)NO. The third-order valence-electron chi connectivity index (χ3n) is 6.53. The normalized spacial score (nSPS) is 18.3. The number of urea groups is 1. The molecule has 0 spiro atoms. The number of terminal acetylenes is 1. The Bertz CT molecular complexity index is 1190. The largest absolute Gasteiger partial charge is 0.378 e. The second kappa shape index (κ2) is 12.9. The van der Waals surface area contributed by atoms with Crippen LogP contribution in [0.25, 0.3) is 0 Å². The summed E-state index contributed by atoms with van der Waals surface area (Å²) >= 11 is 0. The Morgan fingerprint density at radius 3 is 2.49 bits per heavy atom. The van der Waals surface area contributed by atoms with E-state index in [2.05, 4.69) is 5.92 Å². The van der Waals surface area contributed by atoms with Gasteiger partial charge in [0.1, 0.15) is 0 Å². The molecule has 0 bridgehead atoms. The summed E-state index contributed by atoms with van der Waals surface area (Å²) in [5.41, 5.74) is 4.02. The van der Waals surface area contributed by atoms with E-state index in [4.69, 9.17) is 16.4 Å². The van der Waals surface area contributed by atoms with Crippen molar-refractivity contribution < 1.29 is 28.0 Å². The van der Waals surface area contributed by atoms with Crippen LogP contribution in [0, 0.1) is 12.3 Å². The summed E-state index contributed by atoms with van der Waals surface area (Å²) in [6.45, 7) is 4.93. The molecule has 37 heavy (non-hydrogen) atoms. The molecule has 11 heteroatoms. The van der Waals surface area contributed by atoms with E-state index in [1.807, 2.05) is 31.2 Å². The fourth-order valence-corrected chi connectivity index (χ4v) is 5.31. The summed E-state index contributed by atoms with van der Waals surface area (Å²) in [5.74, 6) is 1.62. The molecule has 200 valence electrons. The van der Waals surface area contributed by atoms with Crippen molar-refractivity contribution in [2.24, 2.45) is 0 Å². The first-order valence-electron chi connectivity index (χ1n) is 12.1. The lowest BCUT2D eigenvalue weighted by Gasteiger charge is -2.34. The van der Waals surface area contributed by atoms with Crippen LogP contribution in [0.4, 0.5) is 10.5 Å². The van der Waals surface area contributed by atoms with Crippen LogP contribution in [0.2, 0.25) is 0 Å². The number of anilines is 1. The number of piperidine rings is 1. The monoisotopic (exact) mass is 530 g/mol. The van der Waals surface area contributed by atoms with Crippen LogP contribution >= 0.6 is 0 Å². The number of allylic oxidation sites excluding steroid dienone is 2. The van der Waals surface area contributed by atoms with Gasteiger partial charge in [-0.3, -0.25) is 14.9 Å². The number of rotatable bonds is 7. The molecule has 2 aliphatic rings. The predicted molar refractivity (Wildman–Crippen MR) is 141 cm³/mol. The van der Waals surface area contributed by atoms with Crippen molar-refractivity contribution in [2.75, 3.05) is 57.1 Å². The van der Waals surface area contributed by atoms with E-state index in [9.17, 15) is 18.0 Å². The molecule has 0 aromatic heterocycles. The molecule has 0 radical (unpaired) electrons. The molecule has 3 rings (SSSR count). The van der Waals surface area contributed by atoms with Gasteiger partial charge in [0.2, 0.25) is 10.0 Å². The first kappa shape index (κ1) is 28.4. The Morgan fingerprint density at radius 2 is 1.89 bits per heavy atom. The molecule has 2 heterocycles. The number of carbonyl (C=O) groups excluding carboxylic acids is 2. The fourth-order valence-electron chi connectivity index (χ4n) is 4.44. The highest BCUT2D eigenvalue weighted by Crippen LogP contribution is 2.31. The van der Waals surface area contributed by atoms with Gasteiger partial charge in [0, 0.05) is 38.4 Å². The fraction of sp³-hybridized carbons (Fsp3) is 0.462. The minimum absolute atomic E-state index is 0.0460. The van der Waals surface area contributed by atoms with Gasteiger partial charge in [0.15, 0.2) is 0 Å². The summed E-state index contributed by atoms with van der Waals surface area (Å²) < 4.78 is 30.7. The number of nitrogens with one attached hydrogen (secondary N) is 1. The summed E-state index contributed by atoms with van der Waals surface area (Å²) in [6, 6.07) is 7.64. The molecule has 10 nitrogen and oxygen atoms in total. The van der Waals surface area contributed by atoms with Crippen LogP contribution in [0.5, 0.6) is 0 Å². The quantitative estimate of drug-likeness (QED) is 0.183. The van der Waals surface area contributed by atoms with E-state index in [0.29, 0.717) is 52.2 Å². The number of hydrogen-bond donors (Lipinski definition) is 2. The van der Waals surface area contributed by atoms with Crippen LogP contribution in [0.3, 0.4) is 0 Å². The lowest BCUT2D eigenvalue weighted by atomic mass is 9.90. The third-order valence-corrected chi connectivity index (χ3v) is 7.84. The molecule has 2 fully saturated rings. The average Bonchev–Trinajstić information content (AvgIpc) is 2.91. The first-order valence-corrected chi connectivity index (χ1v) is 14.0. The standard InChI is InChI=1S/C26H34N4O6S/c1-4-21(25(31)27-33)9-8-20(2)19-30(26(32)28-14-16-36-17-15-28)24-7-5-6-23(18-24)22-10-12-29(13-11-22)37(3,34)35/h1,5-9,18,22,33H,10-17,19H2,2-3H3,(H,27,31)/b20-8+,21-9+. The molecule has 3 amide bonds. The van der Waals surface area contributed by atoms with E-state index in [-0.39, 0.29) is 24.1 Å². The van der Waals surface area contributed by atoms with Crippen molar-refractivity contribution in [1.29, 1.82) is 0 Å². The number of nitrogens with zero attached hydrogens (tertiary/aromatic N) is 3. The molecule has 1 aromatic rings. The number of benzene rings is 1. The number of amides is 3. The molecular formula is C26H34N4O6S. The third kappa shape index (κ3) is 7.66. The Labute approximate surface area is 218 Å². The van der Waals surface area contributed by atoms with Crippen molar-refractivity contribution in [3.63, 3.8) is 0 Å². The number of carbonyl (C=O) groups is 2. The van der Waals surface area contributed by atoms with E-state index in [0.717, 1.165) is 16.8 Å². The molecule has 2 aliphatic heterocycles. The van der Waals surface area contributed by atoms with Crippen molar-refractivity contribution >= 4 is 27.6 Å². The molecule has 0 atom stereocenters. The van der Waals surface area contributed by atoms with Gasteiger partial charge in [-0.1, -0.05) is 29.7 Å². The zero-order valence-electron chi connectivity index (χ0n) is 21.2. The molecule has 2 saturated heterocycles. The molecule has 0 saturated carbocycles. The average molecular weight is 531 g/mol. The van der Waals surface area contributed by atoms with Gasteiger partial charge in [0.25, 0.3) is 5.91 Å².